The maximum atomic E-state index is 12.7. The second-order valence-electron chi connectivity index (χ2n) is 6.92. The zero-order valence-electron chi connectivity index (χ0n) is 14.7. The topological polar surface area (TPSA) is 75.5 Å². The lowest BCUT2D eigenvalue weighted by atomic mass is 9.92. The van der Waals surface area contributed by atoms with Gasteiger partial charge in [-0.1, -0.05) is 0 Å². The summed E-state index contributed by atoms with van der Waals surface area (Å²) in [6.07, 6.45) is 1.46. The molecule has 3 heterocycles. The highest BCUT2D eigenvalue weighted by Gasteiger charge is 2.42. The number of rotatable bonds is 3. The van der Waals surface area contributed by atoms with Crippen molar-refractivity contribution in [1.82, 2.24) is 19.6 Å². The van der Waals surface area contributed by atoms with Gasteiger partial charge in [0.25, 0.3) is 0 Å². The lowest BCUT2D eigenvalue weighted by Gasteiger charge is -2.37. The fraction of sp³-hybridized carbons (Fsp3) is 0.647. The molecule has 1 aromatic rings. The summed E-state index contributed by atoms with van der Waals surface area (Å²) in [5.74, 6) is 0.492. The first-order valence-corrected chi connectivity index (χ1v) is 8.38. The number of amides is 2. The molecule has 24 heavy (non-hydrogen) atoms. The Kier molecular flexibility index (Phi) is 4.19. The van der Waals surface area contributed by atoms with Gasteiger partial charge in [0.2, 0.25) is 11.8 Å². The van der Waals surface area contributed by atoms with Crippen LogP contribution in [0.1, 0.15) is 41.5 Å². The fourth-order valence-electron chi connectivity index (χ4n) is 4.03. The molecule has 0 aliphatic carbocycles. The van der Waals surface area contributed by atoms with Gasteiger partial charge in [0, 0.05) is 32.3 Å². The van der Waals surface area contributed by atoms with Gasteiger partial charge in [-0.25, -0.2) is 0 Å². The lowest BCUT2D eigenvalue weighted by molar-refractivity contribution is -0.135. The van der Waals surface area contributed by atoms with Crippen molar-refractivity contribution < 1.29 is 14.4 Å². The second-order valence-corrected chi connectivity index (χ2v) is 6.92. The highest BCUT2D eigenvalue weighted by Crippen LogP contribution is 2.31. The van der Waals surface area contributed by atoms with Gasteiger partial charge in [0.05, 0.1) is 17.3 Å². The van der Waals surface area contributed by atoms with E-state index in [2.05, 4.69) is 5.10 Å². The highest BCUT2D eigenvalue weighted by molar-refractivity contribution is 5.96. The van der Waals surface area contributed by atoms with Gasteiger partial charge in [0.15, 0.2) is 5.78 Å². The third-order valence-electron chi connectivity index (χ3n) is 5.42. The summed E-state index contributed by atoms with van der Waals surface area (Å²) in [5.41, 5.74) is 1.99. The number of nitrogens with zero attached hydrogens (tertiary/aromatic N) is 4. The molecule has 2 saturated heterocycles. The molecule has 3 rings (SSSR count). The number of ketones is 1. The van der Waals surface area contributed by atoms with E-state index in [1.54, 1.807) is 16.5 Å². The number of Topliss-reactive ketones (excluding diaryl/α,β-unsaturated/α-hetero) is 1. The number of piperidine rings is 1. The first-order valence-electron chi connectivity index (χ1n) is 8.38. The van der Waals surface area contributed by atoms with Gasteiger partial charge in [-0.3, -0.25) is 19.1 Å². The minimum atomic E-state index is -0.0318. The summed E-state index contributed by atoms with van der Waals surface area (Å²) in [7, 11) is 1.82. The SMILES string of the molecule is CC(=O)c1c(C)nn(CC(=O)N2CC[C@@H]3CC(=O)N(C)[C@@H]3C2)c1C. The van der Waals surface area contributed by atoms with Crippen LogP contribution < -0.4 is 0 Å². The van der Waals surface area contributed by atoms with Crippen molar-refractivity contribution in [2.24, 2.45) is 5.92 Å². The molecule has 0 radical (unpaired) electrons. The number of likely N-dealkylation sites (tertiary alicyclic amines) is 2. The van der Waals surface area contributed by atoms with Crippen molar-refractivity contribution in [2.75, 3.05) is 20.1 Å². The Morgan fingerprint density at radius 3 is 2.62 bits per heavy atom. The Labute approximate surface area is 141 Å². The molecular formula is C17H24N4O3. The van der Waals surface area contributed by atoms with Crippen molar-refractivity contribution in [3.8, 4) is 0 Å². The monoisotopic (exact) mass is 332 g/mol. The third kappa shape index (κ3) is 2.72. The highest BCUT2D eigenvalue weighted by atomic mass is 16.2. The quantitative estimate of drug-likeness (QED) is 0.767. The van der Waals surface area contributed by atoms with Crippen LogP contribution >= 0.6 is 0 Å². The van der Waals surface area contributed by atoms with Crippen molar-refractivity contribution in [3.05, 3.63) is 17.0 Å². The Morgan fingerprint density at radius 2 is 2.00 bits per heavy atom. The molecule has 2 amide bonds. The molecule has 0 aromatic carbocycles. The minimum Gasteiger partial charge on any atom is -0.341 e. The number of aryl methyl sites for hydroxylation is 1. The Morgan fingerprint density at radius 1 is 1.29 bits per heavy atom. The van der Waals surface area contributed by atoms with Crippen molar-refractivity contribution in [1.29, 1.82) is 0 Å². The van der Waals surface area contributed by atoms with E-state index in [0.717, 1.165) is 12.1 Å². The van der Waals surface area contributed by atoms with Crippen LogP contribution in [0.4, 0.5) is 0 Å². The van der Waals surface area contributed by atoms with Gasteiger partial charge in [-0.05, 0) is 33.1 Å². The molecule has 2 aliphatic heterocycles. The summed E-state index contributed by atoms with van der Waals surface area (Å²) < 4.78 is 1.62. The van der Waals surface area contributed by atoms with Gasteiger partial charge >= 0.3 is 0 Å². The number of carbonyl (C=O) groups is 3. The van der Waals surface area contributed by atoms with Crippen molar-refractivity contribution in [3.63, 3.8) is 0 Å². The molecule has 0 saturated carbocycles. The summed E-state index contributed by atoms with van der Waals surface area (Å²) in [6.45, 7) is 6.52. The number of carbonyl (C=O) groups excluding carboxylic acids is 3. The van der Waals surface area contributed by atoms with Crippen LogP contribution in [-0.4, -0.2) is 63.4 Å². The zero-order valence-corrected chi connectivity index (χ0v) is 14.7. The van der Waals surface area contributed by atoms with E-state index in [4.69, 9.17) is 0 Å². The molecule has 0 unspecified atom stereocenters. The van der Waals surface area contributed by atoms with E-state index in [0.29, 0.717) is 36.7 Å². The number of hydrogen-bond donors (Lipinski definition) is 0. The molecule has 130 valence electrons. The van der Waals surface area contributed by atoms with E-state index in [1.807, 2.05) is 18.9 Å². The van der Waals surface area contributed by atoms with Gasteiger partial charge in [0.1, 0.15) is 6.54 Å². The molecule has 0 spiro atoms. The van der Waals surface area contributed by atoms with Crippen LogP contribution in [0.5, 0.6) is 0 Å². The standard InChI is InChI=1S/C17H24N4O3/c1-10-17(12(3)22)11(2)21(18-10)9-16(24)20-6-5-13-7-15(23)19(4)14(13)8-20/h13-14H,5-9H2,1-4H3/t13-,14-/m1/s1. The van der Waals surface area contributed by atoms with Crippen LogP contribution in [-0.2, 0) is 16.1 Å². The van der Waals surface area contributed by atoms with Gasteiger partial charge in [-0.2, -0.15) is 5.10 Å². The van der Waals surface area contributed by atoms with Crippen LogP contribution in [0, 0.1) is 19.8 Å². The molecule has 2 aliphatic rings. The maximum absolute atomic E-state index is 12.7. The first kappa shape index (κ1) is 16.7. The maximum Gasteiger partial charge on any atom is 0.244 e. The second kappa shape index (κ2) is 6.03. The number of fused-ring (bicyclic) bond motifs is 1. The zero-order chi connectivity index (χ0) is 17.6. The van der Waals surface area contributed by atoms with Crippen LogP contribution in [0.15, 0.2) is 0 Å². The average Bonchev–Trinajstić information content (AvgIpc) is 2.95. The first-order chi connectivity index (χ1) is 11.3. The smallest absolute Gasteiger partial charge is 0.244 e. The molecule has 7 nitrogen and oxygen atoms in total. The van der Waals surface area contributed by atoms with E-state index in [1.165, 1.54) is 6.92 Å². The fourth-order valence-corrected chi connectivity index (χ4v) is 4.03. The molecular weight excluding hydrogens is 308 g/mol. The Balaban J connectivity index is 1.71. The number of likely N-dealkylation sites (N-methyl/N-ethyl adjacent to an activating group) is 1. The summed E-state index contributed by atoms with van der Waals surface area (Å²) in [6, 6.07) is 0.128. The summed E-state index contributed by atoms with van der Waals surface area (Å²) >= 11 is 0. The third-order valence-corrected chi connectivity index (χ3v) is 5.42. The van der Waals surface area contributed by atoms with E-state index < -0.39 is 0 Å². The molecule has 2 atom stereocenters. The molecule has 0 bridgehead atoms. The van der Waals surface area contributed by atoms with Crippen LogP contribution in [0.25, 0.3) is 0 Å². The largest absolute Gasteiger partial charge is 0.341 e. The molecule has 7 heteroatoms. The molecule has 2 fully saturated rings. The summed E-state index contributed by atoms with van der Waals surface area (Å²) in [5, 5.41) is 4.34. The van der Waals surface area contributed by atoms with Crippen molar-refractivity contribution >= 4 is 17.6 Å². The predicted molar refractivity (Wildman–Crippen MR) is 87.6 cm³/mol. The van der Waals surface area contributed by atoms with Crippen molar-refractivity contribution in [2.45, 2.75) is 46.2 Å². The minimum absolute atomic E-state index is 0.0121. The lowest BCUT2D eigenvalue weighted by Crippen LogP contribution is -2.50. The van der Waals surface area contributed by atoms with E-state index >= 15 is 0 Å². The number of aromatic nitrogens is 2. The number of hydrogen-bond acceptors (Lipinski definition) is 4. The van der Waals surface area contributed by atoms with Crippen LogP contribution in [0.3, 0.4) is 0 Å². The summed E-state index contributed by atoms with van der Waals surface area (Å²) in [4.78, 5) is 39.8. The normalized spacial score (nSPS) is 23.6. The van der Waals surface area contributed by atoms with Gasteiger partial charge in [-0.15, -0.1) is 0 Å². The Bertz CT molecular complexity index is 709. The Hall–Kier alpha value is -2.18. The van der Waals surface area contributed by atoms with E-state index in [9.17, 15) is 14.4 Å². The van der Waals surface area contributed by atoms with Gasteiger partial charge < -0.3 is 9.80 Å². The average molecular weight is 332 g/mol. The van der Waals surface area contributed by atoms with Crippen LogP contribution in [0.2, 0.25) is 0 Å². The molecule has 0 N–H and O–H groups in total. The molecule has 1 aromatic heterocycles. The van der Waals surface area contributed by atoms with E-state index in [-0.39, 0.29) is 30.2 Å². The predicted octanol–water partition coefficient (Wildman–Crippen LogP) is 0.782.